The number of Topliss-reactive ketones (excluding diaryl/α,β-unsaturated/α-hetero) is 1. The van der Waals surface area contributed by atoms with Gasteiger partial charge in [0.25, 0.3) is 0 Å². The highest BCUT2D eigenvalue weighted by Crippen LogP contribution is 2.41. The number of ketones is 1. The number of amides is 1. The van der Waals surface area contributed by atoms with Gasteiger partial charge in [-0.3, -0.25) is 9.59 Å². The lowest BCUT2D eigenvalue weighted by atomic mass is 9.77. The third-order valence-electron chi connectivity index (χ3n) is 3.12. The average Bonchev–Trinajstić information content (AvgIpc) is 2.30. The van der Waals surface area contributed by atoms with E-state index in [0.29, 0.717) is 6.42 Å². The molecule has 0 radical (unpaired) electrons. The Morgan fingerprint density at radius 2 is 2.33 bits per heavy atom. The summed E-state index contributed by atoms with van der Waals surface area (Å²) in [5.41, 5.74) is 4.35. The van der Waals surface area contributed by atoms with Crippen molar-refractivity contribution in [1.82, 2.24) is 0 Å². The van der Waals surface area contributed by atoms with Crippen LogP contribution in [0.5, 0.6) is 0 Å². The summed E-state index contributed by atoms with van der Waals surface area (Å²) in [5.74, 6) is -0.291. The van der Waals surface area contributed by atoms with Crippen molar-refractivity contribution in [3.63, 3.8) is 0 Å². The van der Waals surface area contributed by atoms with Crippen LogP contribution in [0.15, 0.2) is 0 Å². The van der Waals surface area contributed by atoms with Crippen molar-refractivity contribution in [2.75, 3.05) is 0 Å². The summed E-state index contributed by atoms with van der Waals surface area (Å²) in [6.07, 6.45) is 2.18. The van der Waals surface area contributed by atoms with Gasteiger partial charge in [-0.25, -0.2) is 0 Å². The molecule has 2 atom stereocenters. The van der Waals surface area contributed by atoms with Crippen LogP contribution in [0.2, 0.25) is 0 Å². The van der Waals surface area contributed by atoms with Gasteiger partial charge in [-0.05, 0) is 19.3 Å². The topological polar surface area (TPSA) is 60.2 Å². The third kappa shape index (κ3) is 1.04. The van der Waals surface area contributed by atoms with Crippen molar-refractivity contribution < 1.29 is 9.59 Å². The van der Waals surface area contributed by atoms with E-state index >= 15 is 0 Å². The van der Waals surface area contributed by atoms with Crippen LogP contribution in [0.25, 0.3) is 0 Å². The van der Waals surface area contributed by atoms with Crippen LogP contribution in [0.3, 0.4) is 0 Å². The zero-order valence-electron chi connectivity index (χ0n) is 7.59. The lowest BCUT2D eigenvalue weighted by Crippen LogP contribution is -2.42. The number of primary amides is 1. The van der Waals surface area contributed by atoms with Gasteiger partial charge in [0.05, 0.1) is 0 Å². The molecular weight excluding hydrogens is 154 g/mol. The Balaban J connectivity index is 2.96. The summed E-state index contributed by atoms with van der Waals surface area (Å²) >= 11 is 0. The Kier molecular flexibility index (Phi) is 2.22. The third-order valence-corrected chi connectivity index (χ3v) is 3.12. The van der Waals surface area contributed by atoms with Crippen molar-refractivity contribution in [3.8, 4) is 0 Å². The standard InChI is InChI=1S/C9H15NO2/c1-3-6-4-5-7(11)9(6,2)8(10)12/h6H,3-5H2,1-2H3,(H2,10,12). The number of carbonyl (C=O) groups excluding carboxylic acids is 2. The second-order valence-electron chi connectivity index (χ2n) is 3.63. The Hall–Kier alpha value is -0.860. The fourth-order valence-electron chi connectivity index (χ4n) is 2.03. The van der Waals surface area contributed by atoms with Crippen LogP contribution in [0, 0.1) is 11.3 Å². The molecule has 2 unspecified atom stereocenters. The molecule has 1 rings (SSSR count). The van der Waals surface area contributed by atoms with E-state index in [1.807, 2.05) is 6.92 Å². The number of carbonyl (C=O) groups is 2. The van der Waals surface area contributed by atoms with E-state index in [4.69, 9.17) is 5.73 Å². The molecule has 1 aliphatic carbocycles. The lowest BCUT2D eigenvalue weighted by Gasteiger charge is -2.25. The second kappa shape index (κ2) is 2.88. The highest BCUT2D eigenvalue weighted by molar-refractivity contribution is 6.06. The van der Waals surface area contributed by atoms with Crippen molar-refractivity contribution in [1.29, 1.82) is 0 Å². The zero-order chi connectivity index (χ0) is 9.35. The van der Waals surface area contributed by atoms with Gasteiger partial charge in [0.2, 0.25) is 5.91 Å². The summed E-state index contributed by atoms with van der Waals surface area (Å²) in [6, 6.07) is 0. The molecule has 0 heterocycles. The maximum Gasteiger partial charge on any atom is 0.231 e. The van der Waals surface area contributed by atoms with Crippen LogP contribution >= 0.6 is 0 Å². The molecule has 0 aliphatic heterocycles. The number of hydrogen-bond donors (Lipinski definition) is 1. The van der Waals surface area contributed by atoms with Crippen LogP contribution in [-0.2, 0) is 9.59 Å². The quantitative estimate of drug-likeness (QED) is 0.623. The largest absolute Gasteiger partial charge is 0.369 e. The zero-order valence-corrected chi connectivity index (χ0v) is 7.59. The predicted octanol–water partition coefficient (Wildman–Crippen LogP) is 0.867. The number of rotatable bonds is 2. The second-order valence-corrected chi connectivity index (χ2v) is 3.63. The first kappa shape index (κ1) is 9.23. The van der Waals surface area contributed by atoms with E-state index in [0.717, 1.165) is 12.8 Å². The minimum Gasteiger partial charge on any atom is -0.369 e. The molecule has 0 bridgehead atoms. The van der Waals surface area contributed by atoms with E-state index in [2.05, 4.69) is 0 Å². The van der Waals surface area contributed by atoms with Gasteiger partial charge >= 0.3 is 0 Å². The molecule has 0 spiro atoms. The molecule has 2 N–H and O–H groups in total. The van der Waals surface area contributed by atoms with E-state index in [9.17, 15) is 9.59 Å². The van der Waals surface area contributed by atoms with E-state index < -0.39 is 11.3 Å². The monoisotopic (exact) mass is 169 g/mol. The first-order valence-electron chi connectivity index (χ1n) is 4.36. The van der Waals surface area contributed by atoms with Gasteiger partial charge in [0.15, 0.2) is 0 Å². The van der Waals surface area contributed by atoms with E-state index in [1.54, 1.807) is 6.92 Å². The number of hydrogen-bond acceptors (Lipinski definition) is 2. The molecule has 1 saturated carbocycles. The molecular formula is C9H15NO2. The molecule has 68 valence electrons. The summed E-state index contributed by atoms with van der Waals surface area (Å²) < 4.78 is 0. The van der Waals surface area contributed by atoms with Crippen molar-refractivity contribution in [3.05, 3.63) is 0 Å². The highest BCUT2D eigenvalue weighted by atomic mass is 16.2. The fraction of sp³-hybridized carbons (Fsp3) is 0.778. The molecule has 12 heavy (non-hydrogen) atoms. The van der Waals surface area contributed by atoms with Crippen molar-refractivity contribution >= 4 is 11.7 Å². The molecule has 1 fully saturated rings. The molecule has 3 heteroatoms. The Bertz CT molecular complexity index is 225. The molecule has 0 aromatic carbocycles. The van der Waals surface area contributed by atoms with Crippen LogP contribution in [-0.4, -0.2) is 11.7 Å². The Morgan fingerprint density at radius 3 is 2.67 bits per heavy atom. The van der Waals surface area contributed by atoms with Crippen LogP contribution < -0.4 is 5.73 Å². The van der Waals surface area contributed by atoms with Gasteiger partial charge in [0, 0.05) is 6.42 Å². The lowest BCUT2D eigenvalue weighted by molar-refractivity contribution is -0.139. The molecule has 0 aromatic heterocycles. The molecule has 3 nitrogen and oxygen atoms in total. The van der Waals surface area contributed by atoms with Crippen molar-refractivity contribution in [2.45, 2.75) is 33.1 Å². The van der Waals surface area contributed by atoms with Gasteiger partial charge in [0.1, 0.15) is 11.2 Å². The fourth-order valence-corrected chi connectivity index (χ4v) is 2.03. The maximum atomic E-state index is 11.4. The first-order valence-corrected chi connectivity index (χ1v) is 4.36. The SMILES string of the molecule is CCC1CCC(=O)C1(C)C(N)=O. The minimum absolute atomic E-state index is 0.0156. The summed E-state index contributed by atoms with van der Waals surface area (Å²) in [5, 5.41) is 0. The van der Waals surface area contributed by atoms with Crippen molar-refractivity contribution in [2.24, 2.45) is 17.1 Å². The van der Waals surface area contributed by atoms with Crippen LogP contribution in [0.1, 0.15) is 33.1 Å². The van der Waals surface area contributed by atoms with Gasteiger partial charge < -0.3 is 5.73 Å². The summed E-state index contributed by atoms with van der Waals surface area (Å²) in [6.45, 7) is 3.67. The summed E-state index contributed by atoms with van der Waals surface area (Å²) in [7, 11) is 0. The molecule has 0 saturated heterocycles. The van der Waals surface area contributed by atoms with E-state index in [1.165, 1.54) is 0 Å². The van der Waals surface area contributed by atoms with Gasteiger partial charge in [-0.2, -0.15) is 0 Å². The highest BCUT2D eigenvalue weighted by Gasteiger charge is 2.49. The van der Waals surface area contributed by atoms with Crippen LogP contribution in [0.4, 0.5) is 0 Å². The minimum atomic E-state index is -0.880. The normalized spacial score (nSPS) is 35.5. The Morgan fingerprint density at radius 1 is 1.75 bits per heavy atom. The molecule has 0 aromatic rings. The number of nitrogens with two attached hydrogens (primary N) is 1. The smallest absolute Gasteiger partial charge is 0.231 e. The molecule has 1 amide bonds. The average molecular weight is 169 g/mol. The summed E-state index contributed by atoms with van der Waals surface area (Å²) in [4.78, 5) is 22.5. The van der Waals surface area contributed by atoms with Gasteiger partial charge in [-0.15, -0.1) is 0 Å². The maximum absolute atomic E-state index is 11.4. The van der Waals surface area contributed by atoms with Gasteiger partial charge in [-0.1, -0.05) is 13.3 Å². The Labute approximate surface area is 72.3 Å². The predicted molar refractivity (Wildman–Crippen MR) is 45.3 cm³/mol. The van der Waals surface area contributed by atoms with E-state index in [-0.39, 0.29) is 11.7 Å². The molecule has 1 aliphatic rings. The first-order chi connectivity index (χ1) is 5.53.